The molecule has 0 spiro atoms. The molecule has 0 amide bonds. The Hall–Kier alpha value is -2.75. The molecule has 0 atom stereocenters. The van der Waals surface area contributed by atoms with Crippen molar-refractivity contribution in [2.75, 3.05) is 0 Å². The smallest absolute Gasteiger partial charge is 0.353 e. The van der Waals surface area contributed by atoms with Crippen molar-refractivity contribution >= 4 is 11.5 Å². The first-order valence-electron chi connectivity index (χ1n) is 6.64. The quantitative estimate of drug-likeness (QED) is 0.788. The van der Waals surface area contributed by atoms with Gasteiger partial charge in [0, 0.05) is 5.52 Å². The summed E-state index contributed by atoms with van der Waals surface area (Å²) >= 11 is 0. The van der Waals surface area contributed by atoms with Gasteiger partial charge in [-0.25, -0.2) is 4.79 Å². The number of aromatic carboxylic acids is 1. The van der Waals surface area contributed by atoms with Crippen LogP contribution in [0.1, 0.15) is 21.6 Å². The van der Waals surface area contributed by atoms with Crippen LogP contribution in [-0.2, 0) is 0 Å². The molecular weight excluding hydrogens is 266 g/mol. The van der Waals surface area contributed by atoms with Crippen LogP contribution in [-0.4, -0.2) is 15.5 Å². The lowest BCUT2D eigenvalue weighted by molar-refractivity contribution is 0.0688. The normalized spacial score (nSPS) is 10.8. The lowest BCUT2D eigenvalue weighted by atomic mass is 10.2. The van der Waals surface area contributed by atoms with Crippen molar-refractivity contribution in [3.63, 3.8) is 0 Å². The largest absolute Gasteiger partial charge is 0.477 e. The molecule has 0 fully saturated rings. The van der Waals surface area contributed by atoms with E-state index in [4.69, 9.17) is 4.74 Å². The van der Waals surface area contributed by atoms with Crippen molar-refractivity contribution in [1.82, 2.24) is 4.40 Å². The fourth-order valence-corrected chi connectivity index (χ4v) is 2.36. The van der Waals surface area contributed by atoms with Crippen LogP contribution < -0.4 is 4.74 Å². The van der Waals surface area contributed by atoms with E-state index in [1.165, 1.54) is 0 Å². The second kappa shape index (κ2) is 4.98. The number of fused-ring (bicyclic) bond motifs is 1. The lowest BCUT2D eigenvalue weighted by Gasteiger charge is -2.07. The van der Waals surface area contributed by atoms with E-state index in [1.54, 1.807) is 17.5 Å². The van der Waals surface area contributed by atoms with Gasteiger partial charge < -0.3 is 14.2 Å². The number of rotatable bonds is 3. The summed E-state index contributed by atoms with van der Waals surface area (Å²) in [6, 6.07) is 13.2. The third-order valence-electron chi connectivity index (χ3n) is 3.39. The number of carbonyl (C=O) groups is 1. The summed E-state index contributed by atoms with van der Waals surface area (Å²) in [6.45, 7) is 3.80. The van der Waals surface area contributed by atoms with Crippen LogP contribution in [0.15, 0.2) is 48.7 Å². The lowest BCUT2D eigenvalue weighted by Crippen LogP contribution is -2.03. The van der Waals surface area contributed by atoms with Gasteiger partial charge in [-0.15, -0.1) is 0 Å². The van der Waals surface area contributed by atoms with Crippen molar-refractivity contribution in [1.29, 1.82) is 0 Å². The monoisotopic (exact) mass is 281 g/mol. The summed E-state index contributed by atoms with van der Waals surface area (Å²) < 4.78 is 7.41. The van der Waals surface area contributed by atoms with E-state index in [1.807, 2.05) is 49.4 Å². The Morgan fingerprint density at radius 2 is 1.71 bits per heavy atom. The summed E-state index contributed by atoms with van der Waals surface area (Å²) in [5.74, 6) is 0.380. The van der Waals surface area contributed by atoms with Crippen LogP contribution in [0.3, 0.4) is 0 Å². The molecule has 0 saturated heterocycles. The topological polar surface area (TPSA) is 50.9 Å². The minimum atomic E-state index is -0.944. The highest BCUT2D eigenvalue weighted by atomic mass is 16.5. The minimum Gasteiger partial charge on any atom is -0.477 e. The van der Waals surface area contributed by atoms with E-state index < -0.39 is 5.97 Å². The number of hydrogen-bond acceptors (Lipinski definition) is 2. The maximum atomic E-state index is 11.3. The SMILES string of the molecule is Cc1ccc(Oc2ccc3cc(C)c(C(=O)O)n3c2)cc1. The Bertz CT molecular complexity index is 816. The zero-order valence-electron chi connectivity index (χ0n) is 11.8. The summed E-state index contributed by atoms with van der Waals surface area (Å²) in [6.07, 6.45) is 1.70. The summed E-state index contributed by atoms with van der Waals surface area (Å²) in [5.41, 5.74) is 2.99. The average Bonchev–Trinajstić information content (AvgIpc) is 2.76. The zero-order chi connectivity index (χ0) is 15.0. The van der Waals surface area contributed by atoms with Gasteiger partial charge in [-0.3, -0.25) is 0 Å². The van der Waals surface area contributed by atoms with Crippen molar-refractivity contribution in [3.05, 3.63) is 65.5 Å². The molecule has 2 aromatic heterocycles. The van der Waals surface area contributed by atoms with Crippen LogP contribution >= 0.6 is 0 Å². The van der Waals surface area contributed by atoms with E-state index in [0.29, 0.717) is 5.75 Å². The third kappa shape index (κ3) is 2.48. The van der Waals surface area contributed by atoms with Gasteiger partial charge in [0.2, 0.25) is 0 Å². The molecule has 21 heavy (non-hydrogen) atoms. The van der Waals surface area contributed by atoms with Gasteiger partial charge in [-0.1, -0.05) is 17.7 Å². The van der Waals surface area contributed by atoms with E-state index in [0.717, 1.165) is 22.4 Å². The van der Waals surface area contributed by atoms with Crippen molar-refractivity contribution < 1.29 is 14.6 Å². The molecule has 106 valence electrons. The van der Waals surface area contributed by atoms with Gasteiger partial charge in [0.1, 0.15) is 17.2 Å². The van der Waals surface area contributed by atoms with Crippen LogP contribution in [0.25, 0.3) is 5.52 Å². The summed E-state index contributed by atoms with van der Waals surface area (Å²) in [4.78, 5) is 11.3. The maximum Gasteiger partial charge on any atom is 0.353 e. The molecular formula is C17H15NO3. The Balaban J connectivity index is 2.02. The van der Waals surface area contributed by atoms with E-state index >= 15 is 0 Å². The minimum absolute atomic E-state index is 0.263. The molecule has 3 rings (SSSR count). The highest BCUT2D eigenvalue weighted by Gasteiger charge is 2.14. The number of pyridine rings is 1. The second-order valence-electron chi connectivity index (χ2n) is 5.06. The Labute approximate surface area is 122 Å². The van der Waals surface area contributed by atoms with Crippen LogP contribution in [0.5, 0.6) is 11.5 Å². The molecule has 4 nitrogen and oxygen atoms in total. The molecule has 0 aliphatic rings. The number of nitrogens with zero attached hydrogens (tertiary/aromatic N) is 1. The number of carboxylic acid groups (broad SMARTS) is 1. The first-order valence-corrected chi connectivity index (χ1v) is 6.64. The number of hydrogen-bond donors (Lipinski definition) is 1. The standard InChI is InChI=1S/C17H15NO3/c1-11-3-6-14(7-4-11)21-15-8-5-13-9-12(2)16(17(19)20)18(13)10-15/h3-10H,1-2H3,(H,19,20). The molecule has 0 aliphatic heterocycles. The molecule has 1 aromatic carbocycles. The van der Waals surface area contributed by atoms with Crippen molar-refractivity contribution in [2.24, 2.45) is 0 Å². The first-order chi connectivity index (χ1) is 10.0. The molecule has 4 heteroatoms. The zero-order valence-corrected chi connectivity index (χ0v) is 11.8. The molecule has 0 aliphatic carbocycles. The molecule has 0 radical (unpaired) electrons. The number of benzene rings is 1. The van der Waals surface area contributed by atoms with Gasteiger partial charge in [-0.2, -0.15) is 0 Å². The Kier molecular flexibility index (Phi) is 3.14. The fourth-order valence-electron chi connectivity index (χ4n) is 2.36. The van der Waals surface area contributed by atoms with Crippen LogP contribution in [0.4, 0.5) is 0 Å². The highest BCUT2D eigenvalue weighted by molar-refractivity contribution is 5.89. The Morgan fingerprint density at radius 3 is 2.38 bits per heavy atom. The molecule has 3 aromatic rings. The highest BCUT2D eigenvalue weighted by Crippen LogP contribution is 2.25. The first kappa shape index (κ1) is 13.2. The molecule has 0 saturated carbocycles. The number of aryl methyl sites for hydroxylation is 2. The average molecular weight is 281 g/mol. The van der Waals surface area contributed by atoms with E-state index in [-0.39, 0.29) is 5.69 Å². The maximum absolute atomic E-state index is 11.3. The predicted octanol–water partition coefficient (Wildman–Crippen LogP) is 4.05. The molecule has 1 N–H and O–H groups in total. The number of carboxylic acids is 1. The van der Waals surface area contributed by atoms with Crippen molar-refractivity contribution in [2.45, 2.75) is 13.8 Å². The molecule has 0 bridgehead atoms. The Morgan fingerprint density at radius 1 is 1.05 bits per heavy atom. The predicted molar refractivity (Wildman–Crippen MR) is 80.3 cm³/mol. The van der Waals surface area contributed by atoms with E-state index in [9.17, 15) is 9.90 Å². The van der Waals surface area contributed by atoms with Crippen LogP contribution in [0, 0.1) is 13.8 Å². The molecule has 0 unspecified atom stereocenters. The van der Waals surface area contributed by atoms with E-state index in [2.05, 4.69) is 0 Å². The van der Waals surface area contributed by atoms with Crippen LogP contribution in [0.2, 0.25) is 0 Å². The fraction of sp³-hybridized carbons (Fsp3) is 0.118. The van der Waals surface area contributed by atoms with Gasteiger partial charge in [0.15, 0.2) is 0 Å². The number of ether oxygens (including phenoxy) is 1. The van der Waals surface area contributed by atoms with Gasteiger partial charge in [0.05, 0.1) is 6.20 Å². The third-order valence-corrected chi connectivity index (χ3v) is 3.39. The molecule has 2 heterocycles. The van der Waals surface area contributed by atoms with Gasteiger partial charge in [-0.05, 0) is 49.7 Å². The summed E-state index contributed by atoms with van der Waals surface area (Å²) in [5, 5.41) is 9.30. The summed E-state index contributed by atoms with van der Waals surface area (Å²) in [7, 11) is 0. The number of aromatic nitrogens is 1. The van der Waals surface area contributed by atoms with Crippen molar-refractivity contribution in [3.8, 4) is 11.5 Å². The van der Waals surface area contributed by atoms with Gasteiger partial charge in [0.25, 0.3) is 0 Å². The van der Waals surface area contributed by atoms with Gasteiger partial charge >= 0.3 is 5.97 Å². The second-order valence-corrected chi connectivity index (χ2v) is 5.06.